The zero-order valence-electron chi connectivity index (χ0n) is 17.2. The Morgan fingerprint density at radius 1 is 1.03 bits per heavy atom. The van der Waals surface area contributed by atoms with Crippen LogP contribution in [-0.4, -0.2) is 45.5 Å². The van der Waals surface area contributed by atoms with E-state index in [4.69, 9.17) is 0 Å². The molecule has 2 aromatic rings. The Bertz CT molecular complexity index is 1100. The van der Waals surface area contributed by atoms with Crippen molar-refractivity contribution in [1.82, 2.24) is 4.90 Å². The third-order valence-electron chi connectivity index (χ3n) is 6.08. The van der Waals surface area contributed by atoms with Crippen molar-refractivity contribution in [2.75, 3.05) is 19.3 Å². The average Bonchev–Trinajstić information content (AvgIpc) is 3.54. The fraction of sp³-hybridized carbons (Fsp3) is 0.391. The highest BCUT2D eigenvalue weighted by Gasteiger charge is 2.46. The van der Waals surface area contributed by atoms with Crippen LogP contribution in [0.3, 0.4) is 0 Å². The van der Waals surface area contributed by atoms with Crippen LogP contribution in [0.2, 0.25) is 0 Å². The van der Waals surface area contributed by atoms with Crippen molar-refractivity contribution >= 4 is 21.5 Å². The van der Waals surface area contributed by atoms with Crippen molar-refractivity contribution in [2.45, 2.75) is 30.4 Å². The van der Waals surface area contributed by atoms with Gasteiger partial charge in [0, 0.05) is 42.1 Å². The first-order valence-electron chi connectivity index (χ1n) is 10.3. The number of hydrogen-bond acceptors (Lipinski definition) is 3. The standard InChI is InChI=1S/C23H24F2N2O3S/c1-31(30,26-22(28)16-11-17(24)13-18(25)12-16)19-7-9-27(10-8-19)23(29)21-14-20(21)15-5-3-2-4-6-15/h2-6,11-13,19-21H,7-10,14H2,1H3/t20-,21+,31?/m1/s1. The van der Waals surface area contributed by atoms with E-state index in [0.717, 1.165) is 18.6 Å². The molecule has 0 aromatic heterocycles. The van der Waals surface area contributed by atoms with Crippen LogP contribution < -0.4 is 0 Å². The molecule has 31 heavy (non-hydrogen) atoms. The molecule has 2 amide bonds. The summed E-state index contributed by atoms with van der Waals surface area (Å²) in [5, 5.41) is -0.358. The molecule has 0 spiro atoms. The number of carbonyl (C=O) groups excluding carboxylic acids is 2. The summed E-state index contributed by atoms with van der Waals surface area (Å²) in [4.78, 5) is 26.9. The largest absolute Gasteiger partial charge is 0.342 e. The average molecular weight is 447 g/mol. The van der Waals surface area contributed by atoms with Gasteiger partial charge >= 0.3 is 0 Å². The van der Waals surface area contributed by atoms with Crippen LogP contribution >= 0.6 is 0 Å². The van der Waals surface area contributed by atoms with Gasteiger partial charge in [-0.25, -0.2) is 13.0 Å². The highest BCUT2D eigenvalue weighted by Crippen LogP contribution is 2.48. The van der Waals surface area contributed by atoms with E-state index in [2.05, 4.69) is 4.36 Å². The highest BCUT2D eigenvalue weighted by atomic mass is 32.2. The molecule has 8 heteroatoms. The molecule has 164 valence electrons. The van der Waals surface area contributed by atoms with Gasteiger partial charge in [0.15, 0.2) is 0 Å². The number of amides is 2. The van der Waals surface area contributed by atoms with Crippen molar-refractivity contribution in [3.05, 3.63) is 71.3 Å². The van der Waals surface area contributed by atoms with Crippen LogP contribution in [0.4, 0.5) is 8.78 Å². The molecular weight excluding hydrogens is 422 g/mol. The molecule has 1 heterocycles. The van der Waals surface area contributed by atoms with E-state index in [9.17, 15) is 22.6 Å². The van der Waals surface area contributed by atoms with Crippen LogP contribution in [0, 0.1) is 17.6 Å². The summed E-state index contributed by atoms with van der Waals surface area (Å²) in [6, 6.07) is 12.4. The number of benzene rings is 2. The fourth-order valence-electron chi connectivity index (χ4n) is 4.25. The van der Waals surface area contributed by atoms with Gasteiger partial charge in [-0.3, -0.25) is 9.59 Å². The van der Waals surface area contributed by atoms with E-state index in [0.29, 0.717) is 32.0 Å². The van der Waals surface area contributed by atoms with Crippen molar-refractivity contribution in [3.63, 3.8) is 0 Å². The third kappa shape index (κ3) is 4.84. The number of rotatable bonds is 4. The molecular formula is C23H24F2N2O3S. The van der Waals surface area contributed by atoms with E-state index >= 15 is 0 Å². The summed E-state index contributed by atoms with van der Waals surface area (Å²) in [5.41, 5.74) is 0.916. The smallest absolute Gasteiger partial charge is 0.285 e. The molecule has 5 nitrogen and oxygen atoms in total. The van der Waals surface area contributed by atoms with Gasteiger partial charge in [0.05, 0.1) is 9.73 Å². The van der Waals surface area contributed by atoms with Crippen molar-refractivity contribution in [1.29, 1.82) is 0 Å². The van der Waals surface area contributed by atoms with E-state index in [1.54, 1.807) is 0 Å². The van der Waals surface area contributed by atoms with Crippen LogP contribution in [0.25, 0.3) is 0 Å². The molecule has 2 aromatic carbocycles. The number of hydrogen-bond donors (Lipinski definition) is 0. The lowest BCUT2D eigenvalue weighted by Crippen LogP contribution is -2.43. The van der Waals surface area contributed by atoms with Gasteiger partial charge in [-0.05, 0) is 42.9 Å². The molecule has 1 unspecified atom stereocenters. The zero-order chi connectivity index (χ0) is 22.2. The number of piperidine rings is 1. The summed E-state index contributed by atoms with van der Waals surface area (Å²) in [6.45, 7) is 0.926. The highest BCUT2D eigenvalue weighted by molar-refractivity contribution is 7.93. The first kappa shape index (κ1) is 21.6. The Kier molecular flexibility index (Phi) is 5.92. The number of carbonyl (C=O) groups is 2. The van der Waals surface area contributed by atoms with Crippen molar-refractivity contribution in [3.8, 4) is 0 Å². The van der Waals surface area contributed by atoms with Crippen LogP contribution in [0.5, 0.6) is 0 Å². The van der Waals surface area contributed by atoms with Gasteiger partial charge in [0.1, 0.15) is 11.6 Å². The third-order valence-corrected chi connectivity index (χ3v) is 8.32. The Morgan fingerprint density at radius 3 is 2.26 bits per heavy atom. The topological polar surface area (TPSA) is 66.8 Å². The minimum absolute atomic E-state index is 0.000860. The summed E-state index contributed by atoms with van der Waals surface area (Å²) >= 11 is 0. The fourth-order valence-corrected chi connectivity index (χ4v) is 5.92. The second kappa shape index (κ2) is 8.49. The lowest BCUT2D eigenvalue weighted by Gasteiger charge is -2.32. The summed E-state index contributed by atoms with van der Waals surface area (Å²) < 4.78 is 43.6. The van der Waals surface area contributed by atoms with E-state index in [1.807, 2.05) is 35.2 Å². The second-order valence-corrected chi connectivity index (χ2v) is 10.9. The molecule has 3 atom stereocenters. The van der Waals surface area contributed by atoms with E-state index in [1.165, 1.54) is 11.8 Å². The maximum absolute atomic E-state index is 13.4. The Labute approximate surface area is 180 Å². The van der Waals surface area contributed by atoms with E-state index in [-0.39, 0.29) is 28.6 Å². The lowest BCUT2D eigenvalue weighted by molar-refractivity contribution is -0.133. The van der Waals surface area contributed by atoms with Crippen LogP contribution in [0.15, 0.2) is 52.9 Å². The molecule has 0 bridgehead atoms. The monoisotopic (exact) mass is 446 g/mol. The number of nitrogens with zero attached hydrogens (tertiary/aromatic N) is 2. The number of likely N-dealkylation sites (tertiary alicyclic amines) is 1. The Morgan fingerprint density at radius 2 is 1.65 bits per heavy atom. The second-order valence-electron chi connectivity index (χ2n) is 8.30. The molecule has 0 N–H and O–H groups in total. The van der Waals surface area contributed by atoms with Crippen molar-refractivity contribution in [2.24, 2.45) is 10.3 Å². The molecule has 2 fully saturated rings. The molecule has 1 saturated carbocycles. The molecule has 2 aliphatic rings. The minimum atomic E-state index is -2.92. The first-order chi connectivity index (χ1) is 14.7. The van der Waals surface area contributed by atoms with Crippen LogP contribution in [0.1, 0.15) is 41.1 Å². The Hall–Kier alpha value is -2.61. The van der Waals surface area contributed by atoms with Gasteiger partial charge < -0.3 is 4.90 Å². The van der Waals surface area contributed by atoms with Gasteiger partial charge in [-0.15, -0.1) is 0 Å². The minimum Gasteiger partial charge on any atom is -0.342 e. The normalized spacial score (nSPS) is 23.1. The predicted molar refractivity (Wildman–Crippen MR) is 114 cm³/mol. The number of halogens is 2. The molecule has 1 aliphatic carbocycles. The zero-order valence-corrected chi connectivity index (χ0v) is 18.0. The summed E-state index contributed by atoms with van der Waals surface area (Å²) in [7, 11) is -2.92. The van der Waals surface area contributed by atoms with E-state index < -0.39 is 27.3 Å². The maximum atomic E-state index is 13.4. The van der Waals surface area contributed by atoms with Gasteiger partial charge in [0.2, 0.25) is 5.91 Å². The van der Waals surface area contributed by atoms with Crippen molar-refractivity contribution < 1.29 is 22.6 Å². The van der Waals surface area contributed by atoms with Crippen LogP contribution in [-0.2, 0) is 14.5 Å². The molecule has 0 radical (unpaired) electrons. The first-order valence-corrected chi connectivity index (χ1v) is 12.3. The predicted octanol–water partition coefficient (Wildman–Crippen LogP) is 4.00. The molecule has 1 aliphatic heterocycles. The van der Waals surface area contributed by atoms with Gasteiger partial charge in [-0.2, -0.15) is 4.36 Å². The lowest BCUT2D eigenvalue weighted by atomic mass is 10.1. The Balaban J connectivity index is 1.37. The van der Waals surface area contributed by atoms with Gasteiger partial charge in [0.25, 0.3) is 5.91 Å². The molecule has 1 saturated heterocycles. The van der Waals surface area contributed by atoms with Gasteiger partial charge in [-0.1, -0.05) is 30.3 Å². The summed E-state index contributed by atoms with van der Waals surface area (Å²) in [6.07, 6.45) is 3.19. The molecule has 4 rings (SSSR count). The quantitative estimate of drug-likeness (QED) is 0.713. The SMILES string of the molecule is CS(=O)(=NC(=O)c1cc(F)cc(F)c1)C1CCN(C(=O)[C@H]2C[C@@H]2c2ccccc2)CC1. The maximum Gasteiger partial charge on any atom is 0.285 e. The summed E-state index contributed by atoms with van der Waals surface area (Å²) in [5.74, 6) is -2.28.